The molecular weight excluding hydrogens is 372 g/mol. The first-order valence-electron chi connectivity index (χ1n) is 9.26. The lowest BCUT2D eigenvalue weighted by Crippen LogP contribution is -2.49. The number of H-pyrrole nitrogens is 1. The van der Waals surface area contributed by atoms with E-state index < -0.39 is 0 Å². The molecule has 1 fully saturated rings. The lowest BCUT2D eigenvalue weighted by molar-refractivity contribution is 0.0741. The molecule has 1 amide bonds. The Labute approximate surface area is 166 Å². The third kappa shape index (κ3) is 2.86. The Balaban J connectivity index is 1.30. The Morgan fingerprint density at radius 3 is 2.71 bits per heavy atom. The van der Waals surface area contributed by atoms with Gasteiger partial charge >= 0.3 is 0 Å². The van der Waals surface area contributed by atoms with Crippen molar-refractivity contribution in [2.45, 2.75) is 0 Å². The molecule has 1 saturated heterocycles. The first-order chi connectivity index (χ1) is 13.7. The van der Waals surface area contributed by atoms with Gasteiger partial charge in [0, 0.05) is 44.7 Å². The van der Waals surface area contributed by atoms with Gasteiger partial charge in [-0.25, -0.2) is 0 Å². The van der Waals surface area contributed by atoms with Crippen molar-refractivity contribution in [3.05, 3.63) is 53.5 Å². The van der Waals surface area contributed by atoms with Crippen molar-refractivity contribution in [1.82, 2.24) is 24.9 Å². The van der Waals surface area contributed by atoms with Crippen molar-refractivity contribution in [2.24, 2.45) is 7.05 Å². The van der Waals surface area contributed by atoms with Gasteiger partial charge in [-0.15, -0.1) is 11.3 Å². The van der Waals surface area contributed by atoms with E-state index in [2.05, 4.69) is 37.7 Å². The van der Waals surface area contributed by atoms with Gasteiger partial charge in [0.1, 0.15) is 0 Å². The second-order valence-corrected chi connectivity index (χ2v) is 7.83. The highest BCUT2D eigenvalue weighted by Crippen LogP contribution is 2.26. The highest BCUT2D eigenvalue weighted by molar-refractivity contribution is 7.13. The zero-order valence-electron chi connectivity index (χ0n) is 15.5. The second-order valence-electron chi connectivity index (χ2n) is 6.89. The number of aromatic nitrogens is 4. The zero-order valence-corrected chi connectivity index (χ0v) is 16.3. The Morgan fingerprint density at radius 1 is 1.11 bits per heavy atom. The molecule has 0 unspecified atom stereocenters. The van der Waals surface area contributed by atoms with Gasteiger partial charge in [-0.3, -0.25) is 14.6 Å². The fourth-order valence-corrected chi connectivity index (χ4v) is 4.38. The number of fused-ring (bicyclic) bond motifs is 1. The number of para-hydroxylation sites is 1. The molecule has 0 bridgehead atoms. The first-order valence-corrected chi connectivity index (χ1v) is 10.1. The van der Waals surface area contributed by atoms with Gasteiger partial charge in [-0.2, -0.15) is 10.2 Å². The van der Waals surface area contributed by atoms with Gasteiger partial charge in [0.25, 0.3) is 5.91 Å². The summed E-state index contributed by atoms with van der Waals surface area (Å²) in [6, 6.07) is 14.0. The van der Waals surface area contributed by atoms with E-state index in [9.17, 15) is 4.79 Å². The molecule has 0 aliphatic carbocycles. The number of aryl methyl sites for hydroxylation is 1. The Hall–Kier alpha value is -3.13. The topological polar surface area (TPSA) is 70.1 Å². The minimum atomic E-state index is -0.00208. The van der Waals surface area contributed by atoms with Crippen molar-refractivity contribution in [2.75, 3.05) is 31.1 Å². The maximum atomic E-state index is 13.0. The number of amides is 1. The van der Waals surface area contributed by atoms with E-state index in [0.29, 0.717) is 18.8 Å². The van der Waals surface area contributed by atoms with Crippen LogP contribution in [-0.4, -0.2) is 57.0 Å². The Morgan fingerprint density at radius 2 is 1.93 bits per heavy atom. The van der Waals surface area contributed by atoms with Crippen molar-refractivity contribution in [3.8, 4) is 10.6 Å². The molecule has 1 aromatic carbocycles. The van der Waals surface area contributed by atoms with E-state index in [4.69, 9.17) is 0 Å². The number of thiophene rings is 1. The molecule has 28 heavy (non-hydrogen) atoms. The number of hydrogen-bond donors (Lipinski definition) is 1. The molecule has 1 N–H and O–H groups in total. The number of piperazine rings is 1. The van der Waals surface area contributed by atoms with E-state index in [1.165, 1.54) is 4.88 Å². The number of anilines is 1. The standard InChI is InChI=1S/C20H20N6OS/c1-24-16-6-3-2-5-14(16)19(23-24)20(27)26-10-8-25(9-11-26)18-13-15(21-22-18)17-7-4-12-28-17/h2-7,12-13H,8-11H2,1H3,(H,21,22). The van der Waals surface area contributed by atoms with Gasteiger partial charge in [0.2, 0.25) is 0 Å². The van der Waals surface area contributed by atoms with Gasteiger partial charge < -0.3 is 9.80 Å². The average Bonchev–Trinajstić information content (AvgIpc) is 3.48. The quantitative estimate of drug-likeness (QED) is 0.582. The van der Waals surface area contributed by atoms with Crippen LogP contribution < -0.4 is 4.90 Å². The van der Waals surface area contributed by atoms with E-state index in [-0.39, 0.29) is 5.91 Å². The fourth-order valence-electron chi connectivity index (χ4n) is 3.69. The summed E-state index contributed by atoms with van der Waals surface area (Å²) in [5.41, 5.74) is 2.54. The van der Waals surface area contributed by atoms with Crippen molar-refractivity contribution in [1.29, 1.82) is 0 Å². The van der Waals surface area contributed by atoms with Gasteiger partial charge in [-0.05, 0) is 17.5 Å². The van der Waals surface area contributed by atoms with Crippen LogP contribution in [0, 0.1) is 0 Å². The lowest BCUT2D eigenvalue weighted by atomic mass is 10.2. The molecule has 0 spiro atoms. The van der Waals surface area contributed by atoms with Crippen LogP contribution in [0.3, 0.4) is 0 Å². The maximum Gasteiger partial charge on any atom is 0.275 e. The summed E-state index contributed by atoms with van der Waals surface area (Å²) in [4.78, 5) is 18.3. The number of rotatable bonds is 3. The van der Waals surface area contributed by atoms with Crippen LogP contribution in [0.1, 0.15) is 10.5 Å². The molecule has 142 valence electrons. The van der Waals surface area contributed by atoms with Crippen LogP contribution in [0.4, 0.5) is 5.82 Å². The molecule has 0 radical (unpaired) electrons. The van der Waals surface area contributed by atoms with Gasteiger partial charge in [0.15, 0.2) is 11.5 Å². The van der Waals surface area contributed by atoms with E-state index in [1.54, 1.807) is 16.0 Å². The molecule has 1 aliphatic heterocycles. The molecule has 3 aromatic heterocycles. The molecular formula is C20H20N6OS. The van der Waals surface area contributed by atoms with Crippen LogP contribution >= 0.6 is 11.3 Å². The normalized spacial score (nSPS) is 14.8. The highest BCUT2D eigenvalue weighted by Gasteiger charge is 2.26. The van der Waals surface area contributed by atoms with E-state index in [0.717, 1.165) is 35.5 Å². The van der Waals surface area contributed by atoms with Crippen LogP contribution in [0.25, 0.3) is 21.5 Å². The van der Waals surface area contributed by atoms with Crippen LogP contribution in [0.2, 0.25) is 0 Å². The molecule has 4 heterocycles. The molecule has 8 heteroatoms. The SMILES string of the molecule is Cn1nc(C(=O)N2CCN(c3cc(-c4cccs4)[nH]n3)CC2)c2ccccc21. The largest absolute Gasteiger partial charge is 0.352 e. The molecule has 7 nitrogen and oxygen atoms in total. The molecule has 4 aromatic rings. The van der Waals surface area contributed by atoms with Crippen molar-refractivity contribution < 1.29 is 4.79 Å². The van der Waals surface area contributed by atoms with E-state index in [1.807, 2.05) is 42.3 Å². The minimum absolute atomic E-state index is 0.00208. The molecule has 1 aliphatic rings. The Kier molecular flexibility index (Phi) is 4.12. The zero-order chi connectivity index (χ0) is 19.1. The summed E-state index contributed by atoms with van der Waals surface area (Å²) < 4.78 is 1.77. The maximum absolute atomic E-state index is 13.0. The summed E-state index contributed by atoms with van der Waals surface area (Å²) >= 11 is 1.69. The smallest absolute Gasteiger partial charge is 0.275 e. The van der Waals surface area contributed by atoms with Crippen LogP contribution in [0.5, 0.6) is 0 Å². The summed E-state index contributed by atoms with van der Waals surface area (Å²) in [6.45, 7) is 2.83. The summed E-state index contributed by atoms with van der Waals surface area (Å²) in [7, 11) is 1.87. The molecule has 5 rings (SSSR count). The third-order valence-corrected chi connectivity index (χ3v) is 6.11. The van der Waals surface area contributed by atoms with E-state index >= 15 is 0 Å². The van der Waals surface area contributed by atoms with Crippen molar-refractivity contribution >= 4 is 34.0 Å². The van der Waals surface area contributed by atoms with Crippen LogP contribution in [-0.2, 0) is 7.05 Å². The number of aromatic amines is 1. The number of carbonyl (C=O) groups excluding carboxylic acids is 1. The number of hydrogen-bond acceptors (Lipinski definition) is 5. The number of carbonyl (C=O) groups is 1. The second kappa shape index (κ2) is 6.79. The molecule has 0 atom stereocenters. The van der Waals surface area contributed by atoms with Crippen molar-refractivity contribution in [3.63, 3.8) is 0 Å². The third-order valence-electron chi connectivity index (χ3n) is 5.20. The van der Waals surface area contributed by atoms with Crippen LogP contribution in [0.15, 0.2) is 47.8 Å². The van der Waals surface area contributed by atoms with Gasteiger partial charge in [-0.1, -0.05) is 24.3 Å². The summed E-state index contributed by atoms with van der Waals surface area (Å²) in [5, 5.41) is 15.0. The molecule has 0 saturated carbocycles. The predicted molar refractivity (Wildman–Crippen MR) is 111 cm³/mol. The Bertz CT molecular complexity index is 1120. The fraction of sp³-hybridized carbons (Fsp3) is 0.250. The average molecular weight is 392 g/mol. The summed E-state index contributed by atoms with van der Waals surface area (Å²) in [5.74, 6) is 0.927. The van der Waals surface area contributed by atoms with Gasteiger partial charge in [0.05, 0.1) is 16.1 Å². The lowest BCUT2D eigenvalue weighted by Gasteiger charge is -2.34. The minimum Gasteiger partial charge on any atom is -0.352 e. The predicted octanol–water partition coefficient (Wildman–Crippen LogP) is 2.99. The number of benzene rings is 1. The highest BCUT2D eigenvalue weighted by atomic mass is 32.1. The first kappa shape index (κ1) is 17.0. The monoisotopic (exact) mass is 392 g/mol. The number of nitrogens with one attached hydrogen (secondary N) is 1. The number of nitrogens with zero attached hydrogens (tertiary/aromatic N) is 5. The summed E-state index contributed by atoms with van der Waals surface area (Å²) in [6.07, 6.45) is 0.